The second-order valence-corrected chi connectivity index (χ2v) is 12.0. The van der Waals surface area contributed by atoms with Gasteiger partial charge in [0.2, 0.25) is 6.23 Å². The van der Waals surface area contributed by atoms with E-state index in [0.29, 0.717) is 16.9 Å². The summed E-state index contributed by atoms with van der Waals surface area (Å²) in [6, 6.07) is 17.3. The predicted molar refractivity (Wildman–Crippen MR) is 168 cm³/mol. The second kappa shape index (κ2) is 22.2. The zero-order chi connectivity index (χ0) is 28.2. The number of carbonyl (C=O) groups is 1. The van der Waals surface area contributed by atoms with Gasteiger partial charge in [0.1, 0.15) is 5.75 Å². The SMILES string of the molecule is CCCCCCCCCCCCCCCCCC(Oc1ccccc1C(=O)c1ccccc1)[N+](C)(C)CCC.[I-]. The molecular formula is C36H58INO2. The maximum atomic E-state index is 13.2. The van der Waals surface area contributed by atoms with Crippen LogP contribution >= 0.6 is 0 Å². The highest BCUT2D eigenvalue weighted by molar-refractivity contribution is 6.10. The second-order valence-electron chi connectivity index (χ2n) is 12.0. The van der Waals surface area contributed by atoms with Gasteiger partial charge < -0.3 is 28.7 Å². The van der Waals surface area contributed by atoms with Gasteiger partial charge in [0.05, 0.1) is 26.2 Å². The molecule has 0 heterocycles. The highest BCUT2D eigenvalue weighted by Crippen LogP contribution is 2.27. The Morgan fingerprint density at radius 3 is 1.65 bits per heavy atom. The molecule has 4 heteroatoms. The molecule has 0 radical (unpaired) electrons. The molecule has 40 heavy (non-hydrogen) atoms. The predicted octanol–water partition coefficient (Wildman–Crippen LogP) is 7.37. The van der Waals surface area contributed by atoms with Crippen molar-refractivity contribution >= 4 is 5.78 Å². The number of rotatable bonds is 23. The lowest BCUT2D eigenvalue weighted by molar-refractivity contribution is -0.933. The van der Waals surface area contributed by atoms with Crippen LogP contribution in [0.4, 0.5) is 0 Å². The molecule has 0 spiro atoms. The zero-order valence-corrected chi connectivity index (χ0v) is 28.3. The maximum Gasteiger partial charge on any atom is 0.233 e. The molecule has 2 rings (SSSR count). The van der Waals surface area contributed by atoms with Gasteiger partial charge >= 0.3 is 0 Å². The fourth-order valence-corrected chi connectivity index (χ4v) is 5.61. The molecule has 0 aliphatic carbocycles. The quantitative estimate of drug-likeness (QED) is 0.0408. The van der Waals surface area contributed by atoms with E-state index in [-0.39, 0.29) is 36.0 Å². The summed E-state index contributed by atoms with van der Waals surface area (Å²) < 4.78 is 7.48. The van der Waals surface area contributed by atoms with Gasteiger partial charge in [0.25, 0.3) is 0 Å². The molecule has 0 amide bonds. The van der Waals surface area contributed by atoms with Crippen molar-refractivity contribution in [2.75, 3.05) is 20.6 Å². The summed E-state index contributed by atoms with van der Waals surface area (Å²) in [5.41, 5.74) is 1.36. The van der Waals surface area contributed by atoms with Gasteiger partial charge in [-0.3, -0.25) is 9.28 Å². The smallest absolute Gasteiger partial charge is 0.233 e. The zero-order valence-electron chi connectivity index (χ0n) is 26.1. The van der Waals surface area contributed by atoms with E-state index in [0.717, 1.165) is 23.9 Å². The standard InChI is InChI=1S/C36H58NO2.HI/c1-5-7-8-9-10-11-12-13-14-15-16-17-18-19-23-30-35(37(3,4)31-6-2)39-34-29-25-24-28-33(34)36(38)32-26-21-20-22-27-32;/h20-22,24-29,35H,5-19,23,30-31H2,1-4H3;1H/q+1;/p-1. The van der Waals surface area contributed by atoms with Crippen LogP contribution in [0.1, 0.15) is 139 Å². The Bertz CT molecular complexity index is 899. The van der Waals surface area contributed by atoms with Crippen molar-refractivity contribution < 1.29 is 38.0 Å². The summed E-state index contributed by atoms with van der Waals surface area (Å²) in [6.07, 6.45) is 22.8. The molecule has 0 saturated carbocycles. The first-order valence-corrected chi connectivity index (χ1v) is 16.2. The summed E-state index contributed by atoms with van der Waals surface area (Å²) in [5, 5.41) is 0. The van der Waals surface area contributed by atoms with E-state index in [2.05, 4.69) is 27.9 Å². The van der Waals surface area contributed by atoms with Gasteiger partial charge in [-0.1, -0.05) is 146 Å². The molecular weight excluding hydrogens is 605 g/mol. The van der Waals surface area contributed by atoms with E-state index < -0.39 is 0 Å². The minimum atomic E-state index is 0. The number of hydrogen-bond donors (Lipinski definition) is 0. The van der Waals surface area contributed by atoms with E-state index >= 15 is 0 Å². The molecule has 1 atom stereocenters. The van der Waals surface area contributed by atoms with E-state index in [1.165, 1.54) is 96.3 Å². The van der Waals surface area contributed by atoms with Crippen molar-refractivity contribution in [3.63, 3.8) is 0 Å². The molecule has 0 aliphatic rings. The number of ketones is 1. The van der Waals surface area contributed by atoms with Crippen molar-refractivity contribution in [3.05, 3.63) is 65.7 Å². The average molecular weight is 664 g/mol. The molecule has 1 unspecified atom stereocenters. The summed E-state index contributed by atoms with van der Waals surface area (Å²) in [6.45, 7) is 5.58. The van der Waals surface area contributed by atoms with Gasteiger partial charge in [-0.05, 0) is 25.0 Å². The van der Waals surface area contributed by atoms with E-state index in [1.54, 1.807) is 0 Å². The Kier molecular flexibility index (Phi) is 20.4. The molecule has 0 saturated heterocycles. The third-order valence-electron chi connectivity index (χ3n) is 8.06. The number of nitrogens with zero attached hydrogens (tertiary/aromatic N) is 1. The van der Waals surface area contributed by atoms with E-state index in [9.17, 15) is 4.79 Å². The van der Waals surface area contributed by atoms with Crippen molar-refractivity contribution in [2.45, 2.75) is 129 Å². The maximum absolute atomic E-state index is 13.2. The topological polar surface area (TPSA) is 26.3 Å². The van der Waals surface area contributed by atoms with Crippen molar-refractivity contribution in [1.29, 1.82) is 0 Å². The summed E-state index contributed by atoms with van der Waals surface area (Å²) in [4.78, 5) is 13.2. The fourth-order valence-electron chi connectivity index (χ4n) is 5.61. The first-order valence-electron chi connectivity index (χ1n) is 16.2. The van der Waals surface area contributed by atoms with Crippen LogP contribution in [0.25, 0.3) is 0 Å². The molecule has 3 nitrogen and oxygen atoms in total. The first kappa shape index (κ1) is 36.6. The third-order valence-corrected chi connectivity index (χ3v) is 8.06. The number of quaternary nitrogens is 1. The molecule has 0 N–H and O–H groups in total. The van der Waals surface area contributed by atoms with Crippen LogP contribution in [0.5, 0.6) is 5.75 Å². The van der Waals surface area contributed by atoms with Crippen LogP contribution in [-0.2, 0) is 0 Å². The average Bonchev–Trinajstić information content (AvgIpc) is 2.94. The molecule has 0 aliphatic heterocycles. The molecule has 2 aromatic carbocycles. The highest BCUT2D eigenvalue weighted by atomic mass is 127. The van der Waals surface area contributed by atoms with Gasteiger partial charge in [-0.15, -0.1) is 0 Å². The normalized spacial score (nSPS) is 12.1. The van der Waals surface area contributed by atoms with Gasteiger partial charge in [-0.25, -0.2) is 0 Å². The summed E-state index contributed by atoms with van der Waals surface area (Å²) in [5.74, 6) is 0.734. The molecule has 0 aromatic heterocycles. The lowest BCUT2D eigenvalue weighted by atomic mass is 10.0. The van der Waals surface area contributed by atoms with E-state index in [4.69, 9.17) is 4.74 Å². The monoisotopic (exact) mass is 663 g/mol. The lowest BCUT2D eigenvalue weighted by Gasteiger charge is -2.38. The number of ether oxygens (including phenoxy) is 1. The molecule has 0 bridgehead atoms. The van der Waals surface area contributed by atoms with Crippen molar-refractivity contribution in [3.8, 4) is 5.75 Å². The van der Waals surface area contributed by atoms with Crippen LogP contribution in [0.15, 0.2) is 54.6 Å². The Morgan fingerprint density at radius 1 is 0.650 bits per heavy atom. The number of halogens is 1. The number of benzene rings is 2. The Labute approximate surface area is 264 Å². The van der Waals surface area contributed by atoms with Crippen LogP contribution < -0.4 is 28.7 Å². The van der Waals surface area contributed by atoms with Crippen LogP contribution in [0, 0.1) is 0 Å². The number of hydrogen-bond acceptors (Lipinski definition) is 2. The van der Waals surface area contributed by atoms with Crippen LogP contribution in [0.2, 0.25) is 0 Å². The fraction of sp³-hybridized carbons (Fsp3) is 0.639. The minimum absolute atomic E-state index is 0. The summed E-state index contributed by atoms with van der Waals surface area (Å²) >= 11 is 0. The van der Waals surface area contributed by atoms with E-state index in [1.807, 2.05) is 54.6 Å². The Balaban J connectivity index is 0.00000800. The van der Waals surface area contributed by atoms with Gasteiger partial charge in [0.15, 0.2) is 5.78 Å². The molecule has 2 aromatic rings. The minimum Gasteiger partial charge on any atom is -1.00 e. The third kappa shape index (κ3) is 14.5. The molecule has 226 valence electrons. The Hall–Kier alpha value is -1.40. The molecule has 0 fully saturated rings. The van der Waals surface area contributed by atoms with Crippen LogP contribution in [-0.4, -0.2) is 37.1 Å². The number of unbranched alkanes of at least 4 members (excludes halogenated alkanes) is 14. The largest absolute Gasteiger partial charge is 1.00 e. The Morgan fingerprint density at radius 2 is 1.12 bits per heavy atom. The van der Waals surface area contributed by atoms with Gasteiger partial charge in [-0.2, -0.15) is 0 Å². The van der Waals surface area contributed by atoms with Gasteiger partial charge in [0, 0.05) is 12.0 Å². The number of carbonyl (C=O) groups excluding carboxylic acids is 1. The highest BCUT2D eigenvalue weighted by Gasteiger charge is 2.30. The lowest BCUT2D eigenvalue weighted by Crippen LogP contribution is -3.00. The van der Waals surface area contributed by atoms with Crippen LogP contribution in [0.3, 0.4) is 0 Å². The summed E-state index contributed by atoms with van der Waals surface area (Å²) in [7, 11) is 4.53. The first-order chi connectivity index (χ1) is 19.0. The van der Waals surface area contributed by atoms with Crippen molar-refractivity contribution in [1.82, 2.24) is 0 Å². The number of para-hydroxylation sites is 1. The van der Waals surface area contributed by atoms with Crippen molar-refractivity contribution in [2.24, 2.45) is 0 Å².